The van der Waals surface area contributed by atoms with Crippen molar-refractivity contribution in [3.05, 3.63) is 61.9 Å². The zero-order chi connectivity index (χ0) is 24.7. The third-order valence-corrected chi connectivity index (χ3v) is 7.36. The van der Waals surface area contributed by atoms with Crippen LogP contribution in [0, 0.1) is 0 Å². The van der Waals surface area contributed by atoms with Crippen molar-refractivity contribution in [3.8, 4) is 11.5 Å². The van der Waals surface area contributed by atoms with Crippen LogP contribution in [0.3, 0.4) is 0 Å². The Morgan fingerprint density at radius 1 is 1.26 bits per heavy atom. The van der Waals surface area contributed by atoms with Gasteiger partial charge in [0.05, 0.1) is 16.5 Å². The summed E-state index contributed by atoms with van der Waals surface area (Å²) in [4.78, 5) is 25.6. The van der Waals surface area contributed by atoms with Crippen molar-refractivity contribution in [1.29, 1.82) is 0 Å². The number of unbranched alkanes of at least 4 members (excludes halogenated alkanes) is 2. The van der Waals surface area contributed by atoms with Crippen LogP contribution in [-0.4, -0.2) is 39.9 Å². The molecule has 0 atom stereocenters. The van der Waals surface area contributed by atoms with Gasteiger partial charge in [-0.15, -0.1) is 0 Å². The SMILES string of the molecule is COc1cc(C=C2SC(=S)N(CCCCCC(=O)O)C2=O)cc(Br)c1OCc1ccccc1Cl. The molecular weight excluding hydrogens is 562 g/mol. The number of carboxylic acids is 1. The number of hydrogen-bond acceptors (Lipinski definition) is 6. The monoisotopic (exact) mass is 583 g/mol. The third kappa shape index (κ3) is 6.97. The molecule has 1 aliphatic rings. The molecule has 0 spiro atoms. The molecule has 2 aromatic carbocycles. The number of carbonyl (C=O) groups is 2. The normalized spacial score (nSPS) is 14.7. The lowest BCUT2D eigenvalue weighted by Gasteiger charge is -2.14. The number of aliphatic carboxylic acids is 1. The summed E-state index contributed by atoms with van der Waals surface area (Å²) in [5, 5.41) is 9.35. The summed E-state index contributed by atoms with van der Waals surface area (Å²) >= 11 is 16.4. The number of thiocarbonyl (C=S) groups is 1. The standard InChI is InChI=1S/C24H23BrClNO5S2/c1-31-19-12-15(11-17(25)22(19)32-14-16-7-4-5-8-18(16)26)13-20-23(30)27(24(33)34-20)10-6-2-3-9-21(28)29/h4-5,7-8,11-13H,2-3,6,9-10,14H2,1H3,(H,28,29). The molecule has 10 heteroatoms. The Hall–Kier alpha value is -2.07. The van der Waals surface area contributed by atoms with E-state index in [0.29, 0.717) is 49.6 Å². The lowest BCUT2D eigenvalue weighted by atomic mass is 10.1. The first-order chi connectivity index (χ1) is 16.3. The molecule has 0 bridgehead atoms. The summed E-state index contributed by atoms with van der Waals surface area (Å²) in [6.07, 6.45) is 3.91. The Balaban J connectivity index is 1.69. The Labute approximate surface area is 221 Å². The van der Waals surface area contributed by atoms with Gasteiger partial charge in [-0.3, -0.25) is 14.5 Å². The molecule has 6 nitrogen and oxygen atoms in total. The Kier molecular flexibility index (Phi) is 9.82. The van der Waals surface area contributed by atoms with E-state index in [1.165, 1.54) is 11.8 Å². The maximum Gasteiger partial charge on any atom is 0.303 e. The second-order valence-electron chi connectivity index (χ2n) is 7.45. The van der Waals surface area contributed by atoms with E-state index in [2.05, 4.69) is 15.9 Å². The lowest BCUT2D eigenvalue weighted by Crippen LogP contribution is -2.29. The average Bonchev–Trinajstić information content (AvgIpc) is 3.05. The molecule has 0 unspecified atom stereocenters. The quantitative estimate of drug-likeness (QED) is 0.183. The molecular formula is C24H23BrClNO5S2. The number of thioether (sulfide) groups is 1. The van der Waals surface area contributed by atoms with E-state index in [4.69, 9.17) is 38.4 Å². The first-order valence-electron chi connectivity index (χ1n) is 10.5. The van der Waals surface area contributed by atoms with Crippen LogP contribution in [0.1, 0.15) is 36.8 Å². The van der Waals surface area contributed by atoms with Crippen LogP contribution in [0.4, 0.5) is 0 Å². The molecule has 1 amide bonds. The summed E-state index contributed by atoms with van der Waals surface area (Å²) in [5.41, 5.74) is 1.62. The van der Waals surface area contributed by atoms with Crippen LogP contribution in [0.5, 0.6) is 11.5 Å². The molecule has 0 aliphatic carbocycles. The number of hydrogen-bond donors (Lipinski definition) is 1. The molecule has 180 valence electrons. The highest BCUT2D eigenvalue weighted by molar-refractivity contribution is 9.10. The molecule has 1 fully saturated rings. The number of benzene rings is 2. The van der Waals surface area contributed by atoms with Gasteiger partial charge in [0.25, 0.3) is 5.91 Å². The summed E-state index contributed by atoms with van der Waals surface area (Å²) in [6, 6.07) is 11.1. The van der Waals surface area contributed by atoms with E-state index in [1.807, 2.05) is 30.3 Å². The summed E-state index contributed by atoms with van der Waals surface area (Å²) in [5.74, 6) is 0.0906. The fourth-order valence-corrected chi connectivity index (χ4v) is 5.37. The van der Waals surface area contributed by atoms with Crippen molar-refractivity contribution in [2.45, 2.75) is 32.3 Å². The molecule has 0 radical (unpaired) electrons. The van der Waals surface area contributed by atoms with Crippen LogP contribution >= 0.6 is 51.5 Å². The van der Waals surface area contributed by atoms with Crippen molar-refractivity contribution >= 4 is 73.8 Å². The Bertz CT molecular complexity index is 1120. The minimum atomic E-state index is -0.810. The van der Waals surface area contributed by atoms with Crippen LogP contribution in [0.15, 0.2) is 45.8 Å². The van der Waals surface area contributed by atoms with E-state index >= 15 is 0 Å². The molecule has 1 saturated heterocycles. The van der Waals surface area contributed by atoms with E-state index in [1.54, 1.807) is 24.2 Å². The molecule has 1 aliphatic heterocycles. The van der Waals surface area contributed by atoms with E-state index in [0.717, 1.165) is 17.5 Å². The fraction of sp³-hybridized carbons (Fsp3) is 0.292. The van der Waals surface area contributed by atoms with Gasteiger partial charge in [0.1, 0.15) is 10.9 Å². The van der Waals surface area contributed by atoms with E-state index < -0.39 is 5.97 Å². The predicted molar refractivity (Wildman–Crippen MR) is 142 cm³/mol. The molecule has 3 rings (SSSR count). The Morgan fingerprint density at radius 2 is 2.03 bits per heavy atom. The zero-order valence-corrected chi connectivity index (χ0v) is 22.4. The fourth-order valence-electron chi connectivity index (χ4n) is 3.30. The van der Waals surface area contributed by atoms with E-state index in [9.17, 15) is 9.59 Å². The first kappa shape index (κ1) is 26.5. The minimum absolute atomic E-state index is 0.132. The van der Waals surface area contributed by atoms with Crippen LogP contribution in [0.2, 0.25) is 5.02 Å². The van der Waals surface area contributed by atoms with Crippen molar-refractivity contribution in [2.75, 3.05) is 13.7 Å². The highest BCUT2D eigenvalue weighted by atomic mass is 79.9. The highest BCUT2D eigenvalue weighted by Crippen LogP contribution is 2.39. The average molecular weight is 585 g/mol. The van der Waals surface area contributed by atoms with Gasteiger partial charge in [-0.1, -0.05) is 60.2 Å². The molecule has 0 saturated carbocycles. The number of carboxylic acid groups (broad SMARTS) is 1. The van der Waals surface area contributed by atoms with Gasteiger partial charge in [0.2, 0.25) is 0 Å². The topological polar surface area (TPSA) is 76.1 Å². The minimum Gasteiger partial charge on any atom is -0.493 e. The largest absolute Gasteiger partial charge is 0.493 e. The lowest BCUT2D eigenvalue weighted by molar-refractivity contribution is -0.137. The van der Waals surface area contributed by atoms with Crippen molar-refractivity contribution in [3.63, 3.8) is 0 Å². The summed E-state index contributed by atoms with van der Waals surface area (Å²) in [6.45, 7) is 0.753. The van der Waals surface area contributed by atoms with Crippen molar-refractivity contribution in [2.24, 2.45) is 0 Å². The van der Waals surface area contributed by atoms with Crippen molar-refractivity contribution < 1.29 is 24.2 Å². The number of carbonyl (C=O) groups excluding carboxylic acids is 1. The van der Waals surface area contributed by atoms with Gasteiger partial charge in [-0.25, -0.2) is 0 Å². The van der Waals surface area contributed by atoms with Crippen LogP contribution in [-0.2, 0) is 16.2 Å². The summed E-state index contributed by atoms with van der Waals surface area (Å²) < 4.78 is 12.7. The zero-order valence-electron chi connectivity index (χ0n) is 18.4. The molecule has 34 heavy (non-hydrogen) atoms. The van der Waals surface area contributed by atoms with Gasteiger partial charge >= 0.3 is 5.97 Å². The molecule has 1 N–H and O–H groups in total. The second-order valence-corrected chi connectivity index (χ2v) is 10.4. The van der Waals surface area contributed by atoms with Crippen molar-refractivity contribution in [1.82, 2.24) is 4.90 Å². The molecule has 1 heterocycles. The van der Waals surface area contributed by atoms with Gasteiger partial charge in [0, 0.05) is 23.6 Å². The predicted octanol–water partition coefficient (Wildman–Crippen LogP) is 6.54. The number of halogens is 2. The maximum absolute atomic E-state index is 12.9. The highest BCUT2D eigenvalue weighted by Gasteiger charge is 2.31. The Morgan fingerprint density at radius 3 is 2.74 bits per heavy atom. The van der Waals surface area contributed by atoms with Gasteiger partial charge < -0.3 is 14.6 Å². The van der Waals surface area contributed by atoms with E-state index in [-0.39, 0.29) is 18.9 Å². The number of ether oxygens (including phenoxy) is 2. The maximum atomic E-state index is 12.9. The third-order valence-electron chi connectivity index (χ3n) is 5.03. The van der Waals surface area contributed by atoms with Gasteiger partial charge in [-0.2, -0.15) is 0 Å². The number of amides is 1. The first-order valence-corrected chi connectivity index (χ1v) is 12.9. The molecule has 0 aromatic heterocycles. The number of rotatable bonds is 11. The number of methoxy groups -OCH3 is 1. The second kappa shape index (κ2) is 12.6. The van der Waals surface area contributed by atoms with Gasteiger partial charge in [-0.05, 0) is 58.6 Å². The van der Waals surface area contributed by atoms with Gasteiger partial charge in [0.15, 0.2) is 11.5 Å². The summed E-state index contributed by atoms with van der Waals surface area (Å²) in [7, 11) is 1.55. The molecule has 2 aromatic rings. The van der Waals surface area contributed by atoms with Crippen LogP contribution < -0.4 is 9.47 Å². The smallest absolute Gasteiger partial charge is 0.303 e. The van der Waals surface area contributed by atoms with Crippen LogP contribution in [0.25, 0.3) is 6.08 Å². The number of nitrogens with zero attached hydrogens (tertiary/aromatic N) is 1.